The SMILES string of the molecule is Cc1cc(C(=O)N2CCN(c3ncn[nH]3)CC2)c2cccc(Cl)c2n1. The smallest absolute Gasteiger partial charge is 0.254 e. The molecule has 0 unspecified atom stereocenters. The lowest BCUT2D eigenvalue weighted by atomic mass is 10.1. The van der Waals surface area contributed by atoms with Gasteiger partial charge in [-0.3, -0.25) is 9.78 Å². The maximum absolute atomic E-state index is 13.1. The van der Waals surface area contributed by atoms with Crippen LogP contribution in [0.3, 0.4) is 0 Å². The monoisotopic (exact) mass is 356 g/mol. The van der Waals surface area contributed by atoms with Crippen molar-refractivity contribution in [3.63, 3.8) is 0 Å². The van der Waals surface area contributed by atoms with Gasteiger partial charge in [0, 0.05) is 37.3 Å². The molecule has 2 aromatic heterocycles. The first-order valence-corrected chi connectivity index (χ1v) is 8.47. The van der Waals surface area contributed by atoms with Crippen LogP contribution in [0, 0.1) is 6.92 Å². The molecule has 0 bridgehead atoms. The fourth-order valence-electron chi connectivity index (χ4n) is 3.16. The van der Waals surface area contributed by atoms with Crippen molar-refractivity contribution in [1.82, 2.24) is 25.1 Å². The van der Waals surface area contributed by atoms with E-state index in [-0.39, 0.29) is 5.91 Å². The third-order valence-electron chi connectivity index (χ3n) is 4.42. The van der Waals surface area contributed by atoms with Crippen molar-refractivity contribution in [3.05, 3.63) is 46.9 Å². The van der Waals surface area contributed by atoms with Crippen LogP contribution in [0.4, 0.5) is 5.95 Å². The zero-order chi connectivity index (χ0) is 17.4. The Morgan fingerprint density at radius 1 is 1.24 bits per heavy atom. The van der Waals surface area contributed by atoms with Crippen LogP contribution in [-0.2, 0) is 0 Å². The van der Waals surface area contributed by atoms with Gasteiger partial charge in [-0.1, -0.05) is 23.7 Å². The molecule has 1 aliphatic heterocycles. The van der Waals surface area contributed by atoms with Gasteiger partial charge < -0.3 is 9.80 Å². The maximum Gasteiger partial charge on any atom is 0.254 e. The van der Waals surface area contributed by atoms with E-state index in [1.165, 1.54) is 6.33 Å². The van der Waals surface area contributed by atoms with E-state index < -0.39 is 0 Å². The van der Waals surface area contributed by atoms with Crippen molar-refractivity contribution in [1.29, 1.82) is 0 Å². The highest BCUT2D eigenvalue weighted by atomic mass is 35.5. The topological polar surface area (TPSA) is 78.0 Å². The van der Waals surface area contributed by atoms with Gasteiger partial charge >= 0.3 is 0 Å². The third-order valence-corrected chi connectivity index (χ3v) is 4.72. The largest absolute Gasteiger partial charge is 0.338 e. The van der Waals surface area contributed by atoms with E-state index in [0.29, 0.717) is 42.3 Å². The molecule has 1 aliphatic rings. The number of aryl methyl sites for hydroxylation is 1. The predicted molar refractivity (Wildman–Crippen MR) is 96.0 cm³/mol. The van der Waals surface area contributed by atoms with Crippen LogP contribution in [0.15, 0.2) is 30.6 Å². The van der Waals surface area contributed by atoms with Crippen LogP contribution in [0.1, 0.15) is 16.1 Å². The summed E-state index contributed by atoms with van der Waals surface area (Å²) in [5.74, 6) is 0.749. The molecule has 7 nitrogen and oxygen atoms in total. The number of anilines is 1. The number of benzene rings is 1. The number of carbonyl (C=O) groups is 1. The van der Waals surface area contributed by atoms with E-state index in [0.717, 1.165) is 17.0 Å². The normalized spacial score (nSPS) is 15.0. The number of hydrogen-bond donors (Lipinski definition) is 1. The summed E-state index contributed by atoms with van der Waals surface area (Å²) in [7, 11) is 0. The number of piperazine rings is 1. The minimum atomic E-state index is 0.00925. The fraction of sp³-hybridized carbons (Fsp3) is 0.294. The molecule has 3 aromatic rings. The molecule has 1 N–H and O–H groups in total. The second kappa shape index (κ2) is 6.33. The summed E-state index contributed by atoms with van der Waals surface area (Å²) in [5, 5.41) is 8.09. The Bertz CT molecular complexity index is 918. The number of para-hydroxylation sites is 1. The van der Waals surface area contributed by atoms with Crippen molar-refractivity contribution in [2.75, 3.05) is 31.1 Å². The average Bonchev–Trinajstić information content (AvgIpc) is 3.16. The van der Waals surface area contributed by atoms with Gasteiger partial charge in [-0.05, 0) is 19.1 Å². The number of aromatic amines is 1. The van der Waals surface area contributed by atoms with E-state index >= 15 is 0 Å². The van der Waals surface area contributed by atoms with Gasteiger partial charge in [0.25, 0.3) is 5.91 Å². The molecule has 0 radical (unpaired) electrons. The number of fused-ring (bicyclic) bond motifs is 1. The van der Waals surface area contributed by atoms with Crippen LogP contribution < -0.4 is 4.90 Å². The number of pyridine rings is 1. The summed E-state index contributed by atoms with van der Waals surface area (Å²) in [6.07, 6.45) is 1.49. The molecule has 1 aromatic carbocycles. The summed E-state index contributed by atoms with van der Waals surface area (Å²) < 4.78 is 0. The second-order valence-electron chi connectivity index (χ2n) is 6.04. The molecule has 25 heavy (non-hydrogen) atoms. The van der Waals surface area contributed by atoms with Gasteiger partial charge in [-0.2, -0.15) is 10.1 Å². The second-order valence-corrected chi connectivity index (χ2v) is 6.44. The average molecular weight is 357 g/mol. The predicted octanol–water partition coefficient (Wildman–Crippen LogP) is 2.28. The van der Waals surface area contributed by atoms with Crippen molar-refractivity contribution >= 4 is 34.4 Å². The third kappa shape index (κ3) is 2.91. The van der Waals surface area contributed by atoms with Gasteiger partial charge in [-0.25, -0.2) is 5.10 Å². The van der Waals surface area contributed by atoms with Crippen LogP contribution in [-0.4, -0.2) is 57.2 Å². The molecule has 1 amide bonds. The zero-order valence-corrected chi connectivity index (χ0v) is 14.5. The Hall–Kier alpha value is -2.67. The molecule has 128 valence electrons. The molecule has 0 spiro atoms. The number of aromatic nitrogens is 4. The molecule has 4 rings (SSSR count). The minimum Gasteiger partial charge on any atom is -0.338 e. The molecular formula is C17H17ClN6O. The lowest BCUT2D eigenvalue weighted by Crippen LogP contribution is -2.49. The Morgan fingerprint density at radius 2 is 2.04 bits per heavy atom. The number of carbonyl (C=O) groups excluding carboxylic acids is 1. The van der Waals surface area contributed by atoms with Crippen molar-refractivity contribution in [2.45, 2.75) is 6.92 Å². The molecule has 1 saturated heterocycles. The molecule has 0 atom stereocenters. The molecule has 0 aliphatic carbocycles. The lowest BCUT2D eigenvalue weighted by molar-refractivity contribution is 0.0748. The first kappa shape index (κ1) is 15.8. The molecule has 1 fully saturated rings. The van der Waals surface area contributed by atoms with E-state index in [1.54, 1.807) is 6.07 Å². The molecular weight excluding hydrogens is 340 g/mol. The number of amides is 1. The number of hydrogen-bond acceptors (Lipinski definition) is 5. The molecule has 8 heteroatoms. The van der Waals surface area contributed by atoms with E-state index in [2.05, 4.69) is 25.1 Å². The number of rotatable bonds is 2. The Morgan fingerprint density at radius 3 is 2.76 bits per heavy atom. The highest BCUT2D eigenvalue weighted by Gasteiger charge is 2.25. The lowest BCUT2D eigenvalue weighted by Gasteiger charge is -2.34. The first-order valence-electron chi connectivity index (χ1n) is 8.09. The Balaban J connectivity index is 1.60. The highest BCUT2D eigenvalue weighted by molar-refractivity contribution is 6.35. The van der Waals surface area contributed by atoms with Crippen molar-refractivity contribution < 1.29 is 4.79 Å². The van der Waals surface area contributed by atoms with Gasteiger partial charge in [0.1, 0.15) is 6.33 Å². The van der Waals surface area contributed by atoms with Crippen molar-refractivity contribution in [3.8, 4) is 0 Å². The highest BCUT2D eigenvalue weighted by Crippen LogP contribution is 2.26. The maximum atomic E-state index is 13.1. The van der Waals surface area contributed by atoms with Crippen LogP contribution >= 0.6 is 11.6 Å². The summed E-state index contributed by atoms with van der Waals surface area (Å²) >= 11 is 6.26. The van der Waals surface area contributed by atoms with Gasteiger partial charge in [0.05, 0.1) is 16.1 Å². The van der Waals surface area contributed by atoms with E-state index in [1.807, 2.05) is 30.0 Å². The van der Waals surface area contributed by atoms with Gasteiger partial charge in [-0.15, -0.1) is 0 Å². The van der Waals surface area contributed by atoms with Gasteiger partial charge in [0.2, 0.25) is 5.95 Å². The number of H-pyrrole nitrogens is 1. The zero-order valence-electron chi connectivity index (χ0n) is 13.7. The number of nitrogens with zero attached hydrogens (tertiary/aromatic N) is 5. The first-order chi connectivity index (χ1) is 12.1. The van der Waals surface area contributed by atoms with Gasteiger partial charge in [0.15, 0.2) is 0 Å². The fourth-order valence-corrected chi connectivity index (χ4v) is 3.38. The summed E-state index contributed by atoms with van der Waals surface area (Å²) in [6.45, 7) is 4.56. The summed E-state index contributed by atoms with van der Waals surface area (Å²) in [5.41, 5.74) is 2.11. The van der Waals surface area contributed by atoms with Crippen molar-refractivity contribution in [2.24, 2.45) is 0 Å². The Labute approximate surface area is 149 Å². The quantitative estimate of drug-likeness (QED) is 0.762. The Kier molecular flexibility index (Phi) is 4.01. The minimum absolute atomic E-state index is 0.00925. The molecule has 3 heterocycles. The number of halogens is 1. The van der Waals surface area contributed by atoms with Crippen LogP contribution in [0.25, 0.3) is 10.9 Å². The van der Waals surface area contributed by atoms with Crippen LogP contribution in [0.5, 0.6) is 0 Å². The van der Waals surface area contributed by atoms with E-state index in [4.69, 9.17) is 11.6 Å². The molecule has 0 saturated carbocycles. The number of nitrogens with one attached hydrogen (secondary N) is 1. The van der Waals surface area contributed by atoms with Crippen LogP contribution in [0.2, 0.25) is 5.02 Å². The summed E-state index contributed by atoms with van der Waals surface area (Å²) in [6, 6.07) is 7.37. The standard InChI is InChI=1S/C17H17ClN6O/c1-11-9-13(12-3-2-4-14(18)15(12)21-11)16(25)23-5-7-24(8-6-23)17-19-10-20-22-17/h2-4,9-10H,5-8H2,1H3,(H,19,20,22). The summed E-state index contributed by atoms with van der Waals surface area (Å²) in [4.78, 5) is 25.7. The van der Waals surface area contributed by atoms with E-state index in [9.17, 15) is 4.79 Å².